The van der Waals surface area contributed by atoms with Crippen molar-refractivity contribution in [3.05, 3.63) is 29.8 Å². The Hall–Kier alpha value is -2.41. The molecule has 1 heterocycles. The first-order valence-corrected chi connectivity index (χ1v) is 9.11. The van der Waals surface area contributed by atoms with Crippen LogP contribution in [0.15, 0.2) is 24.3 Å². The highest BCUT2D eigenvalue weighted by Gasteiger charge is 2.22. The molecule has 0 bridgehead atoms. The van der Waals surface area contributed by atoms with E-state index in [0.29, 0.717) is 11.3 Å². The van der Waals surface area contributed by atoms with E-state index in [1.165, 1.54) is 0 Å². The molecule has 1 fully saturated rings. The molecule has 0 unspecified atom stereocenters. The number of rotatable bonds is 6. The number of likely N-dealkylation sites (tertiary alicyclic amines) is 1. The Kier molecular flexibility index (Phi) is 7.15. The van der Waals surface area contributed by atoms with Gasteiger partial charge < -0.3 is 21.3 Å². The van der Waals surface area contributed by atoms with Crippen LogP contribution in [0.2, 0.25) is 0 Å². The van der Waals surface area contributed by atoms with Gasteiger partial charge in [0.15, 0.2) is 0 Å². The number of nitrogens with zero attached hydrogens (tertiary/aromatic N) is 1. The van der Waals surface area contributed by atoms with Crippen molar-refractivity contribution < 1.29 is 14.4 Å². The highest BCUT2D eigenvalue weighted by Crippen LogP contribution is 2.19. The molecule has 0 radical (unpaired) electrons. The molecule has 4 N–H and O–H groups in total. The van der Waals surface area contributed by atoms with E-state index in [4.69, 9.17) is 5.73 Å². The molecule has 1 atom stereocenters. The number of nitrogens with one attached hydrogen (secondary N) is 2. The number of carbonyl (C=O) groups excluding carboxylic acids is 3. The van der Waals surface area contributed by atoms with E-state index in [0.717, 1.165) is 32.4 Å². The molecule has 7 nitrogen and oxygen atoms in total. The number of anilines is 1. The van der Waals surface area contributed by atoms with Gasteiger partial charge in [-0.15, -0.1) is 0 Å². The second kappa shape index (κ2) is 9.33. The zero-order valence-corrected chi connectivity index (χ0v) is 15.5. The van der Waals surface area contributed by atoms with Gasteiger partial charge >= 0.3 is 0 Å². The van der Waals surface area contributed by atoms with E-state index in [-0.39, 0.29) is 24.3 Å². The Morgan fingerprint density at radius 3 is 2.42 bits per heavy atom. The number of para-hydroxylation sites is 1. The Balaban J connectivity index is 1.97. The molecular weight excluding hydrogens is 332 g/mol. The van der Waals surface area contributed by atoms with Gasteiger partial charge in [0.1, 0.15) is 0 Å². The summed E-state index contributed by atoms with van der Waals surface area (Å²) in [4.78, 5) is 38.6. The van der Waals surface area contributed by atoms with E-state index in [1.54, 1.807) is 24.3 Å². The van der Waals surface area contributed by atoms with Gasteiger partial charge in [0.2, 0.25) is 11.8 Å². The fraction of sp³-hybridized carbons (Fsp3) is 0.526. The smallest absolute Gasteiger partial charge is 0.255 e. The van der Waals surface area contributed by atoms with Crippen LogP contribution < -0.4 is 16.4 Å². The second-order valence-corrected chi connectivity index (χ2v) is 6.93. The maximum atomic E-state index is 12.7. The van der Waals surface area contributed by atoms with Gasteiger partial charge in [0, 0.05) is 13.1 Å². The van der Waals surface area contributed by atoms with Crippen molar-refractivity contribution in [3.63, 3.8) is 0 Å². The molecule has 2 rings (SSSR count). The Labute approximate surface area is 154 Å². The fourth-order valence-electron chi connectivity index (χ4n) is 2.83. The van der Waals surface area contributed by atoms with Crippen LogP contribution >= 0.6 is 0 Å². The van der Waals surface area contributed by atoms with Crippen molar-refractivity contribution in [2.45, 2.75) is 39.2 Å². The van der Waals surface area contributed by atoms with Crippen molar-refractivity contribution in [2.24, 2.45) is 11.7 Å². The molecular formula is C19H28N4O3. The number of hydrogen-bond donors (Lipinski definition) is 3. The molecule has 0 aliphatic carbocycles. The molecule has 142 valence electrons. The summed E-state index contributed by atoms with van der Waals surface area (Å²) in [5.41, 5.74) is 6.67. The van der Waals surface area contributed by atoms with Crippen LogP contribution in [0.4, 0.5) is 5.69 Å². The average molecular weight is 360 g/mol. The minimum Gasteiger partial charge on any atom is -0.346 e. The molecule has 26 heavy (non-hydrogen) atoms. The molecule has 1 aromatic rings. The molecule has 1 saturated heterocycles. The minimum atomic E-state index is -0.657. The van der Waals surface area contributed by atoms with E-state index < -0.39 is 11.9 Å². The van der Waals surface area contributed by atoms with Crippen LogP contribution in [0.1, 0.15) is 43.5 Å². The van der Waals surface area contributed by atoms with Gasteiger partial charge in [-0.25, -0.2) is 0 Å². The maximum Gasteiger partial charge on any atom is 0.255 e. The lowest BCUT2D eigenvalue weighted by Crippen LogP contribution is -2.46. The van der Waals surface area contributed by atoms with E-state index in [1.807, 2.05) is 18.7 Å². The third-order valence-corrected chi connectivity index (χ3v) is 4.52. The maximum absolute atomic E-state index is 12.7. The predicted molar refractivity (Wildman–Crippen MR) is 101 cm³/mol. The monoisotopic (exact) mass is 360 g/mol. The standard InChI is InChI=1S/C19H28N4O3/c1-13(2)17(20)18(25)21-12-16(24)22-15-9-5-4-8-14(15)19(26)23-10-6-3-7-11-23/h4-5,8-9,13,17H,3,6-7,10-12,20H2,1-2H3,(H,21,25)(H,22,24)/t17-/m0/s1. The Morgan fingerprint density at radius 2 is 1.77 bits per heavy atom. The predicted octanol–water partition coefficient (Wildman–Crippen LogP) is 1.35. The van der Waals surface area contributed by atoms with Crippen LogP contribution in [-0.4, -0.2) is 48.3 Å². The molecule has 7 heteroatoms. The summed E-state index contributed by atoms with van der Waals surface area (Å²) >= 11 is 0. The number of amides is 3. The third kappa shape index (κ3) is 5.29. The number of carbonyl (C=O) groups is 3. The topological polar surface area (TPSA) is 105 Å². The highest BCUT2D eigenvalue weighted by molar-refractivity contribution is 6.04. The number of benzene rings is 1. The molecule has 0 aromatic heterocycles. The van der Waals surface area contributed by atoms with Crippen molar-refractivity contribution in [1.29, 1.82) is 0 Å². The molecule has 1 aliphatic heterocycles. The largest absolute Gasteiger partial charge is 0.346 e. The molecule has 1 aliphatic rings. The first kappa shape index (κ1) is 19.9. The van der Waals surface area contributed by atoms with Gasteiger partial charge in [0.25, 0.3) is 5.91 Å². The van der Waals surface area contributed by atoms with Crippen molar-refractivity contribution >= 4 is 23.4 Å². The van der Waals surface area contributed by atoms with Crippen molar-refractivity contribution in [2.75, 3.05) is 25.0 Å². The number of nitrogens with two attached hydrogens (primary N) is 1. The second-order valence-electron chi connectivity index (χ2n) is 6.93. The first-order valence-electron chi connectivity index (χ1n) is 9.11. The summed E-state index contributed by atoms with van der Waals surface area (Å²) in [6.07, 6.45) is 3.14. The fourth-order valence-corrected chi connectivity index (χ4v) is 2.83. The Bertz CT molecular complexity index is 654. The van der Waals surface area contributed by atoms with Crippen molar-refractivity contribution in [1.82, 2.24) is 10.2 Å². The highest BCUT2D eigenvalue weighted by atomic mass is 16.2. The molecule has 1 aromatic carbocycles. The van der Waals surface area contributed by atoms with Crippen LogP contribution in [0, 0.1) is 5.92 Å². The van der Waals surface area contributed by atoms with Crippen LogP contribution in [-0.2, 0) is 9.59 Å². The number of piperidine rings is 1. The lowest BCUT2D eigenvalue weighted by molar-refractivity contribution is -0.125. The van der Waals surface area contributed by atoms with Crippen LogP contribution in [0.3, 0.4) is 0 Å². The SMILES string of the molecule is CC(C)[C@H](N)C(=O)NCC(=O)Nc1ccccc1C(=O)N1CCCCC1. The van der Waals surface area contributed by atoms with Gasteiger partial charge in [-0.1, -0.05) is 26.0 Å². The molecule has 0 spiro atoms. The van der Waals surface area contributed by atoms with Crippen LogP contribution in [0.25, 0.3) is 0 Å². The number of hydrogen-bond acceptors (Lipinski definition) is 4. The summed E-state index contributed by atoms with van der Waals surface area (Å²) in [6.45, 7) is 4.97. The third-order valence-electron chi connectivity index (χ3n) is 4.52. The quantitative estimate of drug-likeness (QED) is 0.712. The summed E-state index contributed by atoms with van der Waals surface area (Å²) in [7, 11) is 0. The summed E-state index contributed by atoms with van der Waals surface area (Å²) in [5.74, 6) is -0.853. The zero-order valence-electron chi connectivity index (χ0n) is 15.5. The summed E-state index contributed by atoms with van der Waals surface area (Å²) in [6, 6.07) is 6.28. The van der Waals surface area contributed by atoms with Gasteiger partial charge in [-0.05, 0) is 37.3 Å². The zero-order chi connectivity index (χ0) is 19.1. The molecule has 0 saturated carbocycles. The summed E-state index contributed by atoms with van der Waals surface area (Å²) < 4.78 is 0. The minimum absolute atomic E-state index is 0.0130. The van der Waals surface area contributed by atoms with Gasteiger partial charge in [-0.3, -0.25) is 14.4 Å². The van der Waals surface area contributed by atoms with E-state index >= 15 is 0 Å². The van der Waals surface area contributed by atoms with Gasteiger partial charge in [-0.2, -0.15) is 0 Å². The lowest BCUT2D eigenvalue weighted by Gasteiger charge is -2.27. The van der Waals surface area contributed by atoms with Gasteiger partial charge in [0.05, 0.1) is 23.8 Å². The normalized spacial score (nSPS) is 15.5. The van der Waals surface area contributed by atoms with E-state index in [9.17, 15) is 14.4 Å². The summed E-state index contributed by atoms with van der Waals surface area (Å²) in [5, 5.41) is 5.24. The molecule has 3 amide bonds. The average Bonchev–Trinajstić information content (AvgIpc) is 2.66. The first-order chi connectivity index (χ1) is 12.4. The van der Waals surface area contributed by atoms with E-state index in [2.05, 4.69) is 10.6 Å². The lowest BCUT2D eigenvalue weighted by atomic mass is 10.1. The van der Waals surface area contributed by atoms with Crippen LogP contribution in [0.5, 0.6) is 0 Å². The van der Waals surface area contributed by atoms with Crippen molar-refractivity contribution in [3.8, 4) is 0 Å². The Morgan fingerprint density at radius 1 is 1.12 bits per heavy atom.